The Balaban J connectivity index is 1.38. The molecule has 0 atom stereocenters. The number of hydrogen-bond acceptors (Lipinski definition) is 7. The van der Waals surface area contributed by atoms with Crippen molar-refractivity contribution in [2.45, 2.75) is 6.54 Å². The number of nitrogens with two attached hydrogens (primary N) is 1. The Morgan fingerprint density at radius 1 is 0.976 bits per heavy atom. The van der Waals surface area contributed by atoms with Crippen LogP contribution in [0.4, 0.5) is 10.2 Å². The van der Waals surface area contributed by atoms with Gasteiger partial charge in [-0.25, -0.2) is 24.1 Å². The number of carbonyl (C=O) groups is 2. The highest BCUT2D eigenvalue weighted by atomic mass is 19.1. The van der Waals surface area contributed by atoms with Crippen LogP contribution < -0.4 is 11.1 Å². The molecule has 6 rings (SSSR count). The first-order valence-electron chi connectivity index (χ1n) is 12.4. The number of fused-ring (bicyclic) bond motifs is 1. The fraction of sp³-hybridized carbons (Fsp3) is 0.0333. The van der Waals surface area contributed by atoms with E-state index in [9.17, 15) is 19.1 Å². The molecule has 0 aliphatic rings. The molecule has 0 aliphatic carbocycles. The van der Waals surface area contributed by atoms with Gasteiger partial charge in [0, 0.05) is 24.0 Å². The van der Waals surface area contributed by atoms with Crippen LogP contribution in [0.15, 0.2) is 95.5 Å². The molecule has 10 nitrogen and oxygen atoms in total. The van der Waals surface area contributed by atoms with Gasteiger partial charge in [-0.15, -0.1) is 0 Å². The first-order chi connectivity index (χ1) is 19.9. The van der Waals surface area contributed by atoms with Crippen LogP contribution in [0.25, 0.3) is 39.7 Å². The van der Waals surface area contributed by atoms with Crippen molar-refractivity contribution in [3.8, 4) is 28.5 Å². The number of imidazole rings is 1. The Hall–Kier alpha value is -5.84. The van der Waals surface area contributed by atoms with Crippen LogP contribution in [-0.4, -0.2) is 36.5 Å². The van der Waals surface area contributed by atoms with Crippen LogP contribution in [0, 0.1) is 5.82 Å². The number of aromatic carboxylic acids is 1. The van der Waals surface area contributed by atoms with Gasteiger partial charge in [-0.2, -0.15) is 0 Å². The molecule has 0 aliphatic heterocycles. The second kappa shape index (κ2) is 10.4. The number of nitrogens with one attached hydrogen (secondary N) is 1. The fourth-order valence-electron chi connectivity index (χ4n) is 4.39. The lowest BCUT2D eigenvalue weighted by atomic mass is 10.1. The number of carboxylic acid groups (broad SMARTS) is 1. The van der Waals surface area contributed by atoms with E-state index in [1.807, 2.05) is 34.9 Å². The minimum atomic E-state index is -1.18. The van der Waals surface area contributed by atoms with Crippen molar-refractivity contribution in [3.05, 3.63) is 114 Å². The van der Waals surface area contributed by atoms with Crippen molar-refractivity contribution < 1.29 is 23.5 Å². The van der Waals surface area contributed by atoms with Crippen molar-refractivity contribution in [1.29, 1.82) is 0 Å². The minimum absolute atomic E-state index is 0.195. The summed E-state index contributed by atoms with van der Waals surface area (Å²) in [6.45, 7) is 0.232. The summed E-state index contributed by atoms with van der Waals surface area (Å²) >= 11 is 0. The van der Waals surface area contributed by atoms with E-state index in [1.165, 1.54) is 24.3 Å². The number of furan rings is 1. The van der Waals surface area contributed by atoms with Gasteiger partial charge >= 0.3 is 5.97 Å². The third-order valence-corrected chi connectivity index (χ3v) is 6.39. The van der Waals surface area contributed by atoms with E-state index in [1.54, 1.807) is 36.5 Å². The molecule has 41 heavy (non-hydrogen) atoms. The summed E-state index contributed by atoms with van der Waals surface area (Å²) in [5, 5.41) is 12.0. The molecule has 0 bridgehead atoms. The van der Waals surface area contributed by atoms with Crippen LogP contribution in [-0.2, 0) is 6.54 Å². The van der Waals surface area contributed by atoms with E-state index in [0.29, 0.717) is 39.7 Å². The van der Waals surface area contributed by atoms with Gasteiger partial charge < -0.3 is 20.6 Å². The van der Waals surface area contributed by atoms with E-state index in [2.05, 4.69) is 10.3 Å². The molecule has 6 aromatic rings. The number of carbonyl (C=O) groups excluding carboxylic acids is 1. The second-order valence-corrected chi connectivity index (χ2v) is 9.07. The lowest BCUT2D eigenvalue weighted by Gasteiger charge is -2.12. The molecule has 0 saturated heterocycles. The fourth-order valence-corrected chi connectivity index (χ4v) is 4.39. The molecular formula is C30H21FN6O4. The highest BCUT2D eigenvalue weighted by Gasteiger charge is 2.20. The van der Waals surface area contributed by atoms with E-state index in [-0.39, 0.29) is 29.6 Å². The molecule has 4 heterocycles. The number of carboxylic acids is 1. The Morgan fingerprint density at radius 2 is 1.80 bits per heavy atom. The zero-order valence-corrected chi connectivity index (χ0v) is 21.3. The zero-order chi connectivity index (χ0) is 28.5. The first kappa shape index (κ1) is 25.4. The quantitative estimate of drug-likeness (QED) is 0.250. The largest absolute Gasteiger partial charge is 0.475 e. The molecule has 202 valence electrons. The highest BCUT2D eigenvalue weighted by molar-refractivity contribution is 5.94. The number of anilines is 1. The molecule has 0 fully saturated rings. The zero-order valence-electron chi connectivity index (χ0n) is 21.3. The molecule has 2 aromatic carbocycles. The Labute approximate surface area is 231 Å². The number of pyridine rings is 2. The van der Waals surface area contributed by atoms with Gasteiger partial charge in [0.25, 0.3) is 5.91 Å². The number of benzene rings is 2. The van der Waals surface area contributed by atoms with E-state index < -0.39 is 11.8 Å². The van der Waals surface area contributed by atoms with E-state index in [0.717, 1.165) is 5.56 Å². The van der Waals surface area contributed by atoms with Crippen molar-refractivity contribution in [1.82, 2.24) is 24.8 Å². The molecule has 0 radical (unpaired) electrons. The van der Waals surface area contributed by atoms with Gasteiger partial charge in [0.2, 0.25) is 5.76 Å². The smallest absolute Gasteiger partial charge is 0.371 e. The molecule has 4 aromatic heterocycles. The maximum absolute atomic E-state index is 13.5. The second-order valence-electron chi connectivity index (χ2n) is 9.07. The molecular weight excluding hydrogens is 527 g/mol. The number of nitrogen functional groups attached to an aromatic ring is 1. The summed E-state index contributed by atoms with van der Waals surface area (Å²) in [5.41, 5.74) is 10.0. The number of amides is 1. The maximum atomic E-state index is 13.5. The molecule has 1 amide bonds. The SMILES string of the molecule is Nc1ncccc1-c1nc2ccc(-c3ccc(C(=O)O)o3)nc2n1-c1ccc(CNC(=O)c2cccc(F)c2)cc1. The van der Waals surface area contributed by atoms with Crippen LogP contribution in [0.3, 0.4) is 0 Å². The van der Waals surface area contributed by atoms with E-state index >= 15 is 0 Å². The average Bonchev–Trinajstić information content (AvgIpc) is 3.62. The van der Waals surface area contributed by atoms with Gasteiger partial charge in [0.05, 0.1) is 5.56 Å². The van der Waals surface area contributed by atoms with Crippen LogP contribution in [0.2, 0.25) is 0 Å². The van der Waals surface area contributed by atoms with Crippen LogP contribution in [0.5, 0.6) is 0 Å². The van der Waals surface area contributed by atoms with Gasteiger partial charge in [0.1, 0.15) is 22.8 Å². The number of hydrogen-bond donors (Lipinski definition) is 3. The average molecular weight is 549 g/mol. The van der Waals surface area contributed by atoms with Crippen LogP contribution in [0.1, 0.15) is 26.5 Å². The number of rotatable bonds is 7. The van der Waals surface area contributed by atoms with Crippen LogP contribution >= 0.6 is 0 Å². The first-order valence-corrected chi connectivity index (χ1v) is 12.4. The molecule has 4 N–H and O–H groups in total. The van der Waals surface area contributed by atoms with Gasteiger partial charge in [-0.3, -0.25) is 9.36 Å². The lowest BCUT2D eigenvalue weighted by Crippen LogP contribution is -2.22. The van der Waals surface area contributed by atoms with Gasteiger partial charge in [-0.1, -0.05) is 18.2 Å². The Kier molecular flexibility index (Phi) is 6.44. The normalized spacial score (nSPS) is 11.0. The van der Waals surface area contributed by atoms with Crippen molar-refractivity contribution in [2.75, 3.05) is 5.73 Å². The lowest BCUT2D eigenvalue weighted by molar-refractivity contribution is 0.0663. The molecule has 0 spiro atoms. The number of halogens is 1. The standard InChI is InChI=1S/C30H21FN6O4/c31-19-4-1-3-18(15-19)29(38)34-16-17-6-8-20(9-7-17)37-27(21-5-2-14-33-26(21)32)36-23-11-10-22(35-28(23)37)24-12-13-25(41-24)30(39)40/h1-15H,16H2,(H2,32,33)(H,34,38)(H,39,40). The monoisotopic (exact) mass is 548 g/mol. The number of aromatic nitrogens is 4. The third-order valence-electron chi connectivity index (χ3n) is 6.39. The van der Waals surface area contributed by atoms with Crippen molar-refractivity contribution >= 4 is 28.9 Å². The summed E-state index contributed by atoms with van der Waals surface area (Å²) in [6, 6.07) is 22.8. The Morgan fingerprint density at radius 3 is 2.54 bits per heavy atom. The molecule has 0 unspecified atom stereocenters. The number of nitrogens with zero attached hydrogens (tertiary/aromatic N) is 4. The minimum Gasteiger partial charge on any atom is -0.475 e. The van der Waals surface area contributed by atoms with E-state index in [4.69, 9.17) is 20.1 Å². The Bertz CT molecular complexity index is 1930. The van der Waals surface area contributed by atoms with Gasteiger partial charge in [0.15, 0.2) is 17.2 Å². The molecule has 0 saturated carbocycles. The highest BCUT2D eigenvalue weighted by Crippen LogP contribution is 2.32. The topological polar surface area (TPSA) is 149 Å². The predicted molar refractivity (Wildman–Crippen MR) is 149 cm³/mol. The maximum Gasteiger partial charge on any atom is 0.371 e. The summed E-state index contributed by atoms with van der Waals surface area (Å²) < 4.78 is 20.8. The third kappa shape index (κ3) is 4.99. The van der Waals surface area contributed by atoms with Gasteiger partial charge in [-0.05, 0) is 72.3 Å². The summed E-state index contributed by atoms with van der Waals surface area (Å²) in [4.78, 5) is 37.5. The predicted octanol–water partition coefficient (Wildman–Crippen LogP) is 5.09. The summed E-state index contributed by atoms with van der Waals surface area (Å²) in [6.07, 6.45) is 1.59. The van der Waals surface area contributed by atoms with Crippen molar-refractivity contribution in [2.24, 2.45) is 0 Å². The summed E-state index contributed by atoms with van der Waals surface area (Å²) in [5.74, 6) is -1.15. The summed E-state index contributed by atoms with van der Waals surface area (Å²) in [7, 11) is 0. The molecule has 11 heteroatoms. The van der Waals surface area contributed by atoms with Crippen molar-refractivity contribution in [3.63, 3.8) is 0 Å².